The summed E-state index contributed by atoms with van der Waals surface area (Å²) in [5, 5.41) is 8.96. The van der Waals surface area contributed by atoms with Crippen molar-refractivity contribution in [1.29, 1.82) is 0 Å². The van der Waals surface area contributed by atoms with Crippen LogP contribution in [0.2, 0.25) is 0 Å². The van der Waals surface area contributed by atoms with Gasteiger partial charge < -0.3 is 10.0 Å². The number of amides is 1. The number of carbonyl (C=O) groups is 2. The first kappa shape index (κ1) is 13.5. The summed E-state index contributed by atoms with van der Waals surface area (Å²) in [6.07, 6.45) is 0.817. The van der Waals surface area contributed by atoms with Crippen molar-refractivity contribution >= 4 is 11.9 Å². The zero-order chi connectivity index (χ0) is 14.2. The number of hydrogen-bond acceptors (Lipinski definition) is 2. The molecule has 6 heteroatoms. The first-order valence-electron chi connectivity index (χ1n) is 5.91. The van der Waals surface area contributed by atoms with Gasteiger partial charge >= 0.3 is 5.97 Å². The molecule has 0 radical (unpaired) electrons. The lowest BCUT2D eigenvalue weighted by atomic mass is 10.1. The summed E-state index contributed by atoms with van der Waals surface area (Å²) < 4.78 is 26.3. The maximum atomic E-state index is 13.2. The Bertz CT molecular complexity index is 545. The van der Waals surface area contributed by atoms with Gasteiger partial charge in [-0.05, 0) is 24.5 Å². The predicted molar refractivity (Wildman–Crippen MR) is 63.0 cm³/mol. The van der Waals surface area contributed by atoms with Gasteiger partial charge in [-0.1, -0.05) is 6.92 Å². The molecule has 1 aromatic rings. The predicted octanol–water partition coefficient (Wildman–Crippen LogP) is 2.15. The number of nitrogens with zero attached hydrogens (tertiary/aromatic N) is 1. The van der Waals surface area contributed by atoms with Crippen LogP contribution in [0.5, 0.6) is 0 Å². The van der Waals surface area contributed by atoms with Crippen LogP contribution < -0.4 is 0 Å². The highest BCUT2D eigenvalue weighted by atomic mass is 19.2. The summed E-state index contributed by atoms with van der Waals surface area (Å²) in [5.74, 6) is -4.19. The molecule has 0 saturated carbocycles. The number of likely N-dealkylation sites (tertiary alicyclic amines) is 1. The largest absolute Gasteiger partial charge is 0.478 e. The molecule has 0 bridgehead atoms. The number of carboxylic acids is 1. The SMILES string of the molecule is CC1CCN(C(=O)c2cc(F)c(F)cc2C(=O)O)C1. The van der Waals surface area contributed by atoms with E-state index >= 15 is 0 Å². The smallest absolute Gasteiger partial charge is 0.336 e. The highest BCUT2D eigenvalue weighted by Crippen LogP contribution is 2.22. The number of hydrogen-bond donors (Lipinski definition) is 1. The third-order valence-electron chi connectivity index (χ3n) is 3.23. The molecule has 0 aliphatic carbocycles. The first-order valence-corrected chi connectivity index (χ1v) is 5.91. The second kappa shape index (κ2) is 4.95. The molecule has 0 spiro atoms. The summed E-state index contributed by atoms with van der Waals surface area (Å²) in [4.78, 5) is 24.6. The maximum Gasteiger partial charge on any atom is 0.336 e. The molecular weight excluding hydrogens is 256 g/mol. The van der Waals surface area contributed by atoms with Crippen LogP contribution in [0.4, 0.5) is 8.78 Å². The fraction of sp³-hybridized carbons (Fsp3) is 0.385. The van der Waals surface area contributed by atoms with Crippen LogP contribution in [0.25, 0.3) is 0 Å². The molecule has 1 atom stereocenters. The van der Waals surface area contributed by atoms with E-state index in [0.29, 0.717) is 31.1 Å². The van der Waals surface area contributed by atoms with Gasteiger partial charge in [-0.15, -0.1) is 0 Å². The summed E-state index contributed by atoms with van der Waals surface area (Å²) >= 11 is 0. The van der Waals surface area contributed by atoms with Crippen LogP contribution in [0.1, 0.15) is 34.1 Å². The number of benzene rings is 1. The summed E-state index contributed by atoms with van der Waals surface area (Å²) in [6.45, 7) is 2.96. The van der Waals surface area contributed by atoms with Crippen molar-refractivity contribution in [2.24, 2.45) is 5.92 Å². The van der Waals surface area contributed by atoms with Gasteiger partial charge in [0.05, 0.1) is 11.1 Å². The fourth-order valence-corrected chi connectivity index (χ4v) is 2.19. The minimum absolute atomic E-state index is 0.305. The third-order valence-corrected chi connectivity index (χ3v) is 3.23. The quantitative estimate of drug-likeness (QED) is 0.895. The van der Waals surface area contributed by atoms with Crippen molar-refractivity contribution in [3.05, 3.63) is 34.9 Å². The molecule has 1 aliphatic rings. The van der Waals surface area contributed by atoms with E-state index in [4.69, 9.17) is 5.11 Å². The van der Waals surface area contributed by atoms with Gasteiger partial charge in [0.25, 0.3) is 5.91 Å². The average molecular weight is 269 g/mol. The fourth-order valence-electron chi connectivity index (χ4n) is 2.19. The third kappa shape index (κ3) is 2.57. The first-order chi connectivity index (χ1) is 8.90. The van der Waals surface area contributed by atoms with Crippen molar-refractivity contribution in [2.75, 3.05) is 13.1 Å². The number of rotatable bonds is 2. The molecule has 19 heavy (non-hydrogen) atoms. The van der Waals surface area contributed by atoms with Gasteiger partial charge in [-0.3, -0.25) is 4.79 Å². The molecule has 102 valence electrons. The monoisotopic (exact) mass is 269 g/mol. The van der Waals surface area contributed by atoms with Gasteiger partial charge in [0.2, 0.25) is 0 Å². The zero-order valence-electron chi connectivity index (χ0n) is 10.3. The van der Waals surface area contributed by atoms with Gasteiger partial charge in [-0.25, -0.2) is 13.6 Å². The van der Waals surface area contributed by atoms with Crippen molar-refractivity contribution in [3.63, 3.8) is 0 Å². The molecule has 1 unspecified atom stereocenters. The summed E-state index contributed by atoms with van der Waals surface area (Å²) in [7, 11) is 0. The highest BCUT2D eigenvalue weighted by molar-refractivity contribution is 6.04. The molecule has 1 aliphatic heterocycles. The lowest BCUT2D eigenvalue weighted by molar-refractivity contribution is 0.0679. The van der Waals surface area contributed by atoms with Crippen molar-refractivity contribution in [2.45, 2.75) is 13.3 Å². The molecular formula is C13H13F2NO3. The van der Waals surface area contributed by atoms with Crippen molar-refractivity contribution in [3.8, 4) is 0 Å². The van der Waals surface area contributed by atoms with Crippen LogP contribution in [-0.4, -0.2) is 35.0 Å². The second-order valence-corrected chi connectivity index (χ2v) is 4.76. The summed E-state index contributed by atoms with van der Waals surface area (Å²) in [6, 6.07) is 1.20. The topological polar surface area (TPSA) is 57.6 Å². The minimum atomic E-state index is -1.45. The van der Waals surface area contributed by atoms with Gasteiger partial charge in [0, 0.05) is 13.1 Å². The Labute approximate surface area is 108 Å². The Kier molecular flexibility index (Phi) is 3.50. The van der Waals surface area contributed by atoms with Crippen LogP contribution in [0.3, 0.4) is 0 Å². The highest BCUT2D eigenvalue weighted by Gasteiger charge is 2.28. The maximum absolute atomic E-state index is 13.2. The minimum Gasteiger partial charge on any atom is -0.478 e. The van der Waals surface area contributed by atoms with E-state index in [1.54, 1.807) is 0 Å². The normalized spacial score (nSPS) is 18.7. The summed E-state index contributed by atoms with van der Waals surface area (Å²) in [5.41, 5.74) is -0.816. The van der Waals surface area contributed by atoms with E-state index in [9.17, 15) is 18.4 Å². The number of halogens is 2. The molecule has 1 heterocycles. The van der Waals surface area contributed by atoms with Crippen molar-refractivity contribution in [1.82, 2.24) is 4.90 Å². The molecule has 1 amide bonds. The molecule has 0 aromatic heterocycles. The van der Waals surface area contributed by atoms with Gasteiger partial charge in [-0.2, -0.15) is 0 Å². The van der Waals surface area contributed by atoms with Crippen LogP contribution in [0, 0.1) is 17.6 Å². The van der Waals surface area contributed by atoms with E-state index in [1.165, 1.54) is 4.90 Å². The lowest BCUT2D eigenvalue weighted by Crippen LogP contribution is -2.30. The molecule has 1 aromatic carbocycles. The molecule has 1 N–H and O–H groups in total. The Balaban J connectivity index is 2.40. The molecule has 4 nitrogen and oxygen atoms in total. The van der Waals surface area contributed by atoms with Gasteiger partial charge in [0.1, 0.15) is 0 Å². The average Bonchev–Trinajstić information content (AvgIpc) is 2.77. The molecule has 2 rings (SSSR count). The van der Waals surface area contributed by atoms with E-state index in [0.717, 1.165) is 6.42 Å². The Hall–Kier alpha value is -1.98. The second-order valence-electron chi connectivity index (χ2n) is 4.76. The lowest BCUT2D eigenvalue weighted by Gasteiger charge is -2.17. The van der Waals surface area contributed by atoms with Crippen LogP contribution >= 0.6 is 0 Å². The number of aromatic carboxylic acids is 1. The van der Waals surface area contributed by atoms with Gasteiger partial charge in [0.15, 0.2) is 11.6 Å². The van der Waals surface area contributed by atoms with E-state index < -0.39 is 29.1 Å². The van der Waals surface area contributed by atoms with Crippen LogP contribution in [0.15, 0.2) is 12.1 Å². The Morgan fingerprint density at radius 1 is 1.26 bits per heavy atom. The molecule has 1 fully saturated rings. The van der Waals surface area contributed by atoms with Crippen molar-refractivity contribution < 1.29 is 23.5 Å². The van der Waals surface area contributed by atoms with E-state index in [-0.39, 0.29) is 5.56 Å². The number of carboxylic acid groups (broad SMARTS) is 1. The zero-order valence-corrected chi connectivity index (χ0v) is 10.3. The van der Waals surface area contributed by atoms with E-state index in [2.05, 4.69) is 0 Å². The Morgan fingerprint density at radius 2 is 1.84 bits per heavy atom. The van der Waals surface area contributed by atoms with Crippen LogP contribution in [-0.2, 0) is 0 Å². The number of carbonyl (C=O) groups excluding carboxylic acids is 1. The standard InChI is InChI=1S/C13H13F2NO3/c1-7-2-3-16(6-7)12(17)8-4-10(14)11(15)5-9(8)13(18)19/h4-5,7H,2-3,6H2,1H3,(H,18,19). The Morgan fingerprint density at radius 3 is 2.32 bits per heavy atom. The molecule has 1 saturated heterocycles. The van der Waals surface area contributed by atoms with E-state index in [1.807, 2.05) is 6.92 Å².